The predicted octanol–water partition coefficient (Wildman–Crippen LogP) is 2.98. The van der Waals surface area contributed by atoms with Gasteiger partial charge in [0.25, 0.3) is 0 Å². The lowest BCUT2D eigenvalue weighted by Gasteiger charge is -2.10. The summed E-state index contributed by atoms with van der Waals surface area (Å²) in [4.78, 5) is 7.69. The minimum absolute atomic E-state index is 0.146. The molecular weight excluding hydrogens is 273 g/mol. The molecule has 0 bridgehead atoms. The number of halogens is 2. The van der Waals surface area contributed by atoms with Gasteiger partial charge in [0.15, 0.2) is 11.0 Å². The third-order valence-corrected chi connectivity index (χ3v) is 2.73. The van der Waals surface area contributed by atoms with Crippen LogP contribution in [0.2, 0.25) is 10.2 Å². The molecule has 2 rings (SSSR count). The summed E-state index contributed by atoms with van der Waals surface area (Å²) in [5, 5.41) is 12.5. The third kappa shape index (κ3) is 2.45. The summed E-state index contributed by atoms with van der Waals surface area (Å²) < 4.78 is 0. The number of nitrogens with two attached hydrogens (primary N) is 1. The normalized spacial score (nSPS) is 9.83. The zero-order valence-electron chi connectivity index (χ0n) is 8.98. The number of nitrogens with one attached hydrogen (secondary N) is 1. The van der Waals surface area contributed by atoms with E-state index in [4.69, 9.17) is 34.2 Å². The largest absolute Gasteiger partial charge is 0.393 e. The van der Waals surface area contributed by atoms with Crippen LogP contribution in [0.3, 0.4) is 0 Å². The van der Waals surface area contributed by atoms with Crippen molar-refractivity contribution < 1.29 is 0 Å². The van der Waals surface area contributed by atoms with E-state index in [9.17, 15) is 0 Å². The van der Waals surface area contributed by atoms with Gasteiger partial charge in [-0.05, 0) is 18.2 Å². The van der Waals surface area contributed by atoms with Crippen molar-refractivity contribution in [2.45, 2.75) is 0 Å². The van der Waals surface area contributed by atoms with Crippen LogP contribution in [0.15, 0.2) is 24.5 Å². The monoisotopic (exact) mass is 279 g/mol. The maximum atomic E-state index is 8.99. The minimum atomic E-state index is 0.146. The van der Waals surface area contributed by atoms with Gasteiger partial charge in [-0.2, -0.15) is 5.26 Å². The number of nitrogen functional groups attached to an aromatic ring is 1. The lowest BCUT2D eigenvalue weighted by atomic mass is 10.2. The molecule has 18 heavy (non-hydrogen) atoms. The Bertz CT molecular complexity index is 636. The maximum absolute atomic E-state index is 8.99. The Morgan fingerprint density at radius 1 is 1.28 bits per heavy atom. The Kier molecular flexibility index (Phi) is 3.51. The Balaban J connectivity index is 2.43. The number of hydrogen-bond donors (Lipinski definition) is 2. The van der Waals surface area contributed by atoms with E-state index in [1.807, 2.05) is 6.07 Å². The topological polar surface area (TPSA) is 87.6 Å². The van der Waals surface area contributed by atoms with Gasteiger partial charge < -0.3 is 11.1 Å². The first kappa shape index (κ1) is 12.4. The number of aromatic nitrogens is 2. The molecule has 0 unspecified atom stereocenters. The van der Waals surface area contributed by atoms with Gasteiger partial charge in [0, 0.05) is 5.02 Å². The number of nitrogens with zero attached hydrogens (tertiary/aromatic N) is 3. The van der Waals surface area contributed by atoms with E-state index < -0.39 is 0 Å². The zero-order chi connectivity index (χ0) is 13.1. The van der Waals surface area contributed by atoms with E-state index >= 15 is 0 Å². The minimum Gasteiger partial charge on any atom is -0.393 e. The lowest BCUT2D eigenvalue weighted by Crippen LogP contribution is -2.02. The highest BCUT2D eigenvalue weighted by Gasteiger charge is 2.09. The molecule has 0 saturated carbocycles. The standard InChI is InChI=1S/C11H7Cl2N5/c12-7-2-1-6(4-14)8(3-7)18-11-9(15)10(13)16-5-17-11/h1-3,5H,15H2,(H,16,17,18). The summed E-state index contributed by atoms with van der Waals surface area (Å²) in [5.41, 5.74) is 6.87. The Hall–Kier alpha value is -2.03. The summed E-state index contributed by atoms with van der Waals surface area (Å²) in [6.45, 7) is 0. The molecule has 0 aliphatic heterocycles. The molecule has 0 amide bonds. The summed E-state index contributed by atoms with van der Waals surface area (Å²) in [6.07, 6.45) is 1.28. The first-order valence-corrected chi connectivity index (χ1v) is 5.60. The Morgan fingerprint density at radius 3 is 2.78 bits per heavy atom. The number of rotatable bonds is 2. The molecule has 2 aromatic rings. The van der Waals surface area contributed by atoms with Crippen molar-refractivity contribution in [1.29, 1.82) is 5.26 Å². The number of benzene rings is 1. The lowest BCUT2D eigenvalue weighted by molar-refractivity contribution is 1.17. The number of anilines is 3. The molecule has 1 aromatic carbocycles. The van der Waals surface area contributed by atoms with Gasteiger partial charge in [-0.15, -0.1) is 0 Å². The molecule has 3 N–H and O–H groups in total. The summed E-state index contributed by atoms with van der Waals surface area (Å²) >= 11 is 11.6. The van der Waals surface area contributed by atoms with Gasteiger partial charge in [-0.3, -0.25) is 0 Å². The molecule has 0 radical (unpaired) electrons. The van der Waals surface area contributed by atoms with E-state index in [0.29, 0.717) is 22.1 Å². The van der Waals surface area contributed by atoms with Crippen molar-refractivity contribution in [2.75, 3.05) is 11.1 Å². The van der Waals surface area contributed by atoms with Crippen LogP contribution in [-0.2, 0) is 0 Å². The quantitative estimate of drug-likeness (QED) is 0.825. The second-order valence-electron chi connectivity index (χ2n) is 3.35. The maximum Gasteiger partial charge on any atom is 0.158 e. The molecule has 7 heteroatoms. The first-order chi connectivity index (χ1) is 8.61. The van der Waals surface area contributed by atoms with Gasteiger partial charge in [0.05, 0.1) is 11.3 Å². The van der Waals surface area contributed by atoms with E-state index in [-0.39, 0.29) is 10.8 Å². The van der Waals surface area contributed by atoms with Gasteiger partial charge in [-0.1, -0.05) is 23.2 Å². The third-order valence-electron chi connectivity index (χ3n) is 2.19. The van der Waals surface area contributed by atoms with Crippen molar-refractivity contribution in [3.8, 4) is 6.07 Å². The second-order valence-corrected chi connectivity index (χ2v) is 4.15. The van der Waals surface area contributed by atoms with Crippen LogP contribution < -0.4 is 11.1 Å². The van der Waals surface area contributed by atoms with Crippen molar-refractivity contribution in [1.82, 2.24) is 9.97 Å². The average molecular weight is 280 g/mol. The highest BCUT2D eigenvalue weighted by atomic mass is 35.5. The fourth-order valence-electron chi connectivity index (χ4n) is 1.32. The highest BCUT2D eigenvalue weighted by Crippen LogP contribution is 2.28. The number of hydrogen-bond acceptors (Lipinski definition) is 5. The molecule has 1 heterocycles. The molecular formula is C11H7Cl2N5. The van der Waals surface area contributed by atoms with E-state index in [1.54, 1.807) is 18.2 Å². The van der Waals surface area contributed by atoms with Crippen LogP contribution in [0.25, 0.3) is 0 Å². The van der Waals surface area contributed by atoms with Crippen LogP contribution in [-0.4, -0.2) is 9.97 Å². The summed E-state index contributed by atoms with van der Waals surface area (Å²) in [7, 11) is 0. The van der Waals surface area contributed by atoms with Crippen molar-refractivity contribution in [3.05, 3.63) is 40.3 Å². The first-order valence-electron chi connectivity index (χ1n) is 4.84. The smallest absolute Gasteiger partial charge is 0.158 e. The molecule has 0 aliphatic carbocycles. The molecule has 0 saturated heterocycles. The molecule has 0 aliphatic rings. The average Bonchev–Trinajstić information content (AvgIpc) is 2.35. The van der Waals surface area contributed by atoms with Gasteiger partial charge in [-0.25, -0.2) is 9.97 Å². The number of nitriles is 1. The zero-order valence-corrected chi connectivity index (χ0v) is 10.5. The van der Waals surface area contributed by atoms with E-state index in [1.165, 1.54) is 6.33 Å². The van der Waals surface area contributed by atoms with Crippen molar-refractivity contribution in [3.63, 3.8) is 0 Å². The van der Waals surface area contributed by atoms with Crippen LogP contribution in [0.1, 0.15) is 5.56 Å². The molecule has 1 aromatic heterocycles. The van der Waals surface area contributed by atoms with Crippen molar-refractivity contribution >= 4 is 40.4 Å². The summed E-state index contributed by atoms with van der Waals surface area (Å²) in [5.74, 6) is 0.328. The van der Waals surface area contributed by atoms with E-state index in [2.05, 4.69) is 15.3 Å². The van der Waals surface area contributed by atoms with Crippen LogP contribution >= 0.6 is 23.2 Å². The molecule has 0 spiro atoms. The molecule has 5 nitrogen and oxygen atoms in total. The van der Waals surface area contributed by atoms with Crippen LogP contribution in [0.4, 0.5) is 17.2 Å². The molecule has 0 fully saturated rings. The predicted molar refractivity (Wildman–Crippen MR) is 70.9 cm³/mol. The summed E-state index contributed by atoms with van der Waals surface area (Å²) in [6, 6.07) is 6.87. The fourth-order valence-corrected chi connectivity index (χ4v) is 1.62. The van der Waals surface area contributed by atoms with Crippen LogP contribution in [0.5, 0.6) is 0 Å². The second kappa shape index (κ2) is 5.08. The fraction of sp³-hybridized carbons (Fsp3) is 0. The van der Waals surface area contributed by atoms with E-state index in [0.717, 1.165) is 0 Å². The van der Waals surface area contributed by atoms with Gasteiger partial charge in [0.1, 0.15) is 18.1 Å². The van der Waals surface area contributed by atoms with Crippen molar-refractivity contribution in [2.24, 2.45) is 0 Å². The van der Waals surface area contributed by atoms with Gasteiger partial charge in [0.2, 0.25) is 0 Å². The Morgan fingerprint density at radius 2 is 2.06 bits per heavy atom. The van der Waals surface area contributed by atoms with Crippen LogP contribution in [0, 0.1) is 11.3 Å². The molecule has 90 valence electrons. The van der Waals surface area contributed by atoms with Gasteiger partial charge >= 0.3 is 0 Å². The highest BCUT2D eigenvalue weighted by molar-refractivity contribution is 6.32. The Labute approximate surface area is 113 Å². The SMILES string of the molecule is N#Cc1ccc(Cl)cc1Nc1ncnc(Cl)c1N. The molecule has 0 atom stereocenters.